The van der Waals surface area contributed by atoms with Gasteiger partial charge in [0.05, 0.1) is 28.8 Å². The van der Waals surface area contributed by atoms with Gasteiger partial charge in [-0.15, -0.1) is 0 Å². The van der Waals surface area contributed by atoms with Crippen LogP contribution in [0.25, 0.3) is 0 Å². The van der Waals surface area contributed by atoms with Crippen molar-refractivity contribution < 1.29 is 23.4 Å². The van der Waals surface area contributed by atoms with E-state index in [0.717, 1.165) is 0 Å². The lowest BCUT2D eigenvalue weighted by molar-refractivity contribution is -0.139. The Hall–Kier alpha value is -2.28. The molecule has 25 heavy (non-hydrogen) atoms. The number of benzene rings is 1. The summed E-state index contributed by atoms with van der Waals surface area (Å²) < 4.78 is 30.4. The van der Waals surface area contributed by atoms with Crippen LogP contribution in [0.3, 0.4) is 0 Å². The summed E-state index contributed by atoms with van der Waals surface area (Å²) in [7, 11) is 1.32. The van der Waals surface area contributed by atoms with E-state index in [0.29, 0.717) is 9.13 Å². The predicted molar refractivity (Wildman–Crippen MR) is 95.7 cm³/mol. The molecule has 0 aliphatic carbocycles. The average molecular weight is 458 g/mol. The summed E-state index contributed by atoms with van der Waals surface area (Å²) in [6, 6.07) is 5.07. The van der Waals surface area contributed by atoms with Crippen LogP contribution in [-0.2, 0) is 14.3 Å². The number of ether oxygens (including phenoxy) is 3. The van der Waals surface area contributed by atoms with Crippen molar-refractivity contribution in [2.45, 2.75) is 19.8 Å². The highest BCUT2D eigenvalue weighted by Gasteiger charge is 2.38. The van der Waals surface area contributed by atoms with Crippen LogP contribution in [0.2, 0.25) is 0 Å². The van der Waals surface area contributed by atoms with Crippen LogP contribution in [0.15, 0.2) is 34.9 Å². The van der Waals surface area contributed by atoms with Crippen LogP contribution in [0, 0.1) is 20.7 Å². The summed E-state index contributed by atoms with van der Waals surface area (Å²) in [4.78, 5) is 12.4. The largest absolute Gasteiger partial charge is 0.493 e. The monoisotopic (exact) mass is 458 g/mol. The number of nitrogens with zero attached hydrogens (tertiary/aromatic N) is 1. The van der Waals surface area contributed by atoms with Gasteiger partial charge < -0.3 is 19.9 Å². The molecular formula is C17H16FIN2O4. The number of hydrogen-bond acceptors (Lipinski definition) is 6. The molecule has 1 aromatic rings. The number of methoxy groups -OCH3 is 1. The number of carbonyl (C=O) groups is 1. The van der Waals surface area contributed by atoms with Gasteiger partial charge in [0.25, 0.3) is 0 Å². The fourth-order valence-corrected chi connectivity index (χ4v) is 3.07. The van der Waals surface area contributed by atoms with E-state index in [2.05, 4.69) is 0 Å². The average Bonchev–Trinajstić information content (AvgIpc) is 2.56. The van der Waals surface area contributed by atoms with E-state index in [1.807, 2.05) is 28.7 Å². The quantitative estimate of drug-likeness (QED) is 0.551. The molecule has 1 unspecified atom stereocenters. The summed E-state index contributed by atoms with van der Waals surface area (Å²) >= 11 is 1.83. The van der Waals surface area contributed by atoms with Crippen LogP contribution in [0.4, 0.5) is 4.39 Å². The van der Waals surface area contributed by atoms with E-state index in [1.165, 1.54) is 20.1 Å². The zero-order valence-electron chi connectivity index (χ0n) is 13.9. The first-order valence-electron chi connectivity index (χ1n) is 7.34. The number of nitriles is 1. The number of carbonyl (C=O) groups excluding carboxylic acids is 1. The number of halogens is 2. The first-order valence-corrected chi connectivity index (χ1v) is 8.42. The van der Waals surface area contributed by atoms with Gasteiger partial charge >= 0.3 is 5.97 Å². The van der Waals surface area contributed by atoms with Gasteiger partial charge in [-0.05, 0) is 42.5 Å². The van der Waals surface area contributed by atoms with Crippen molar-refractivity contribution in [2.24, 2.45) is 5.73 Å². The van der Waals surface area contributed by atoms with E-state index >= 15 is 0 Å². The van der Waals surface area contributed by atoms with Crippen LogP contribution in [-0.4, -0.2) is 19.7 Å². The molecule has 1 aromatic carbocycles. The Labute approximate surface area is 158 Å². The van der Waals surface area contributed by atoms with Crippen molar-refractivity contribution in [2.75, 3.05) is 13.7 Å². The maximum absolute atomic E-state index is 14.5. The molecule has 1 aliphatic heterocycles. The highest BCUT2D eigenvalue weighted by Crippen LogP contribution is 2.44. The number of rotatable bonds is 4. The zero-order chi connectivity index (χ0) is 18.7. The summed E-state index contributed by atoms with van der Waals surface area (Å²) in [5, 5.41) is 9.52. The van der Waals surface area contributed by atoms with Crippen molar-refractivity contribution >= 4 is 28.6 Å². The van der Waals surface area contributed by atoms with Crippen LogP contribution < -0.4 is 10.5 Å². The van der Waals surface area contributed by atoms with E-state index < -0.39 is 17.7 Å². The van der Waals surface area contributed by atoms with Gasteiger partial charge in [0.2, 0.25) is 5.88 Å². The molecule has 0 amide bonds. The number of allylic oxidation sites excluding steroid dienone is 2. The van der Waals surface area contributed by atoms with Crippen LogP contribution in [0.1, 0.15) is 25.3 Å². The predicted octanol–water partition coefficient (Wildman–Crippen LogP) is 3.08. The molecule has 1 atom stereocenters. The minimum Gasteiger partial charge on any atom is -0.493 e. The topological polar surface area (TPSA) is 94.6 Å². The molecule has 0 aromatic heterocycles. The van der Waals surface area contributed by atoms with Crippen molar-refractivity contribution in [1.82, 2.24) is 0 Å². The molecular weight excluding hydrogens is 442 g/mol. The van der Waals surface area contributed by atoms with E-state index in [4.69, 9.17) is 19.9 Å². The minimum atomic E-state index is -0.945. The fourth-order valence-electron chi connectivity index (χ4n) is 2.65. The number of esters is 1. The molecule has 0 spiro atoms. The lowest BCUT2D eigenvalue weighted by Gasteiger charge is -2.28. The molecule has 0 radical (unpaired) electrons. The van der Waals surface area contributed by atoms with Gasteiger partial charge in [0.1, 0.15) is 17.4 Å². The molecule has 0 fully saturated rings. The first-order chi connectivity index (χ1) is 11.9. The Morgan fingerprint density at radius 3 is 2.76 bits per heavy atom. The standard InChI is InChI=1S/C17H16FIN2O4/c1-4-24-17(22)12-8(2)25-16(21)10(7-20)13(12)9-5-6-11(19)14(18)15(9)23-3/h5-6,13H,4,21H2,1-3H3. The van der Waals surface area contributed by atoms with Crippen LogP contribution >= 0.6 is 22.6 Å². The SMILES string of the molecule is CCOC(=O)C1=C(C)OC(N)=C(C#N)C1c1ccc(I)c(F)c1OC. The Balaban J connectivity index is 2.76. The first kappa shape index (κ1) is 19.1. The third-order valence-corrected chi connectivity index (χ3v) is 4.53. The minimum absolute atomic E-state index is 0.00689. The second-order valence-corrected chi connectivity index (χ2v) is 6.26. The second kappa shape index (κ2) is 7.74. The summed E-state index contributed by atoms with van der Waals surface area (Å²) in [5.74, 6) is -2.19. The van der Waals surface area contributed by atoms with Gasteiger partial charge in [-0.3, -0.25) is 0 Å². The molecule has 1 aliphatic rings. The molecule has 8 heteroatoms. The van der Waals surface area contributed by atoms with Crippen LogP contribution in [0.5, 0.6) is 5.75 Å². The highest BCUT2D eigenvalue weighted by atomic mass is 127. The maximum atomic E-state index is 14.5. The van der Waals surface area contributed by atoms with Crippen molar-refractivity contribution in [3.63, 3.8) is 0 Å². The van der Waals surface area contributed by atoms with Gasteiger partial charge in [-0.25, -0.2) is 9.18 Å². The Bertz CT molecular complexity index is 827. The Morgan fingerprint density at radius 2 is 2.20 bits per heavy atom. The molecule has 1 heterocycles. The second-order valence-electron chi connectivity index (χ2n) is 5.10. The van der Waals surface area contributed by atoms with Gasteiger partial charge in [-0.1, -0.05) is 6.07 Å². The maximum Gasteiger partial charge on any atom is 0.338 e. The summed E-state index contributed by atoms with van der Waals surface area (Å²) in [5.41, 5.74) is 6.20. The van der Waals surface area contributed by atoms with E-state index in [9.17, 15) is 14.4 Å². The smallest absolute Gasteiger partial charge is 0.338 e. The summed E-state index contributed by atoms with van der Waals surface area (Å²) in [6.45, 7) is 3.34. The molecule has 2 rings (SSSR count). The van der Waals surface area contributed by atoms with E-state index in [1.54, 1.807) is 13.0 Å². The number of hydrogen-bond donors (Lipinski definition) is 1. The lowest BCUT2D eigenvalue weighted by atomic mass is 9.82. The van der Waals surface area contributed by atoms with Crippen molar-refractivity contribution in [3.8, 4) is 11.8 Å². The fraction of sp³-hybridized carbons (Fsp3) is 0.294. The zero-order valence-corrected chi connectivity index (χ0v) is 16.0. The summed E-state index contributed by atoms with van der Waals surface area (Å²) in [6.07, 6.45) is 0. The molecule has 132 valence electrons. The molecule has 0 bridgehead atoms. The Kier molecular flexibility index (Phi) is 5.89. The lowest BCUT2D eigenvalue weighted by Crippen LogP contribution is -2.26. The van der Waals surface area contributed by atoms with Crippen molar-refractivity contribution in [3.05, 3.63) is 49.9 Å². The third kappa shape index (κ3) is 3.42. The van der Waals surface area contributed by atoms with Gasteiger partial charge in [-0.2, -0.15) is 5.26 Å². The normalized spacial score (nSPS) is 17.0. The molecule has 0 saturated carbocycles. The van der Waals surface area contributed by atoms with Crippen molar-refractivity contribution in [1.29, 1.82) is 5.26 Å². The van der Waals surface area contributed by atoms with E-state index in [-0.39, 0.29) is 35.1 Å². The van der Waals surface area contributed by atoms with Gasteiger partial charge in [0, 0.05) is 5.56 Å². The molecule has 6 nitrogen and oxygen atoms in total. The third-order valence-electron chi connectivity index (χ3n) is 3.70. The van der Waals surface area contributed by atoms with Gasteiger partial charge in [0.15, 0.2) is 11.6 Å². The molecule has 2 N–H and O–H groups in total. The molecule has 0 saturated heterocycles. The Morgan fingerprint density at radius 1 is 1.52 bits per heavy atom. The number of nitrogens with two attached hydrogens (primary N) is 1. The highest BCUT2D eigenvalue weighted by molar-refractivity contribution is 14.1.